The number of nitriles is 1. The highest BCUT2D eigenvalue weighted by molar-refractivity contribution is 5.86. The van der Waals surface area contributed by atoms with E-state index in [1.165, 1.54) is 0 Å². The van der Waals surface area contributed by atoms with Gasteiger partial charge in [-0.1, -0.05) is 86.6 Å². The van der Waals surface area contributed by atoms with Crippen LogP contribution in [-0.4, -0.2) is 18.0 Å². The van der Waals surface area contributed by atoms with Gasteiger partial charge in [0.05, 0.1) is 18.7 Å². The van der Waals surface area contributed by atoms with E-state index in [9.17, 15) is 10.1 Å². The van der Waals surface area contributed by atoms with Crippen LogP contribution in [-0.2, 0) is 4.79 Å². The quantitative estimate of drug-likeness (QED) is 0.626. The van der Waals surface area contributed by atoms with Gasteiger partial charge in [0.1, 0.15) is 5.54 Å². The van der Waals surface area contributed by atoms with Crippen LogP contribution in [0.1, 0.15) is 37.9 Å². The third-order valence-corrected chi connectivity index (χ3v) is 5.52. The second kappa shape index (κ2) is 8.89. The lowest BCUT2D eigenvalue weighted by Crippen LogP contribution is -2.51. The van der Waals surface area contributed by atoms with E-state index in [1.807, 2.05) is 50.2 Å². The molecule has 0 spiro atoms. The number of hydrogen-bond donors (Lipinski definition) is 2. The third kappa shape index (κ3) is 4.64. The molecule has 0 radical (unpaired) electrons. The maximum atomic E-state index is 12.6. The summed E-state index contributed by atoms with van der Waals surface area (Å²) >= 11 is 0. The predicted octanol–water partition coefficient (Wildman–Crippen LogP) is 4.57. The lowest BCUT2D eigenvalue weighted by atomic mass is 9.90. The molecule has 3 rings (SSSR count). The van der Waals surface area contributed by atoms with Crippen molar-refractivity contribution in [1.29, 1.82) is 5.26 Å². The number of fused-ring (bicyclic) bond motifs is 1. The van der Waals surface area contributed by atoms with Crippen LogP contribution in [0.5, 0.6) is 0 Å². The summed E-state index contributed by atoms with van der Waals surface area (Å²) in [4.78, 5) is 12.6. The molecule has 0 fully saturated rings. The zero-order chi connectivity index (χ0) is 20.9. The molecule has 148 valence electrons. The van der Waals surface area contributed by atoms with Gasteiger partial charge in [-0.15, -0.1) is 0 Å². The number of benzene rings is 3. The Bertz CT molecular complexity index is 1020. The minimum atomic E-state index is -0.888. The van der Waals surface area contributed by atoms with Crippen LogP contribution in [0.15, 0.2) is 72.8 Å². The molecule has 29 heavy (non-hydrogen) atoms. The largest absolute Gasteiger partial charge is 0.337 e. The SMILES string of the molecule is CC(C)C(C)(C#N)NC(=O)CNC(c1ccccc1)c1cccc2ccccc12. The second-order valence-corrected chi connectivity index (χ2v) is 7.81. The average Bonchev–Trinajstić information content (AvgIpc) is 2.74. The van der Waals surface area contributed by atoms with Crippen molar-refractivity contribution in [2.24, 2.45) is 5.92 Å². The fraction of sp³-hybridized carbons (Fsp3) is 0.280. The van der Waals surface area contributed by atoms with Crippen molar-refractivity contribution in [2.45, 2.75) is 32.4 Å². The summed E-state index contributed by atoms with van der Waals surface area (Å²) in [6.07, 6.45) is 0. The van der Waals surface area contributed by atoms with E-state index in [0.717, 1.165) is 21.9 Å². The number of nitrogens with zero attached hydrogens (tertiary/aromatic N) is 1. The number of amides is 1. The second-order valence-electron chi connectivity index (χ2n) is 7.81. The molecule has 3 aromatic rings. The molecule has 0 heterocycles. The van der Waals surface area contributed by atoms with E-state index in [2.05, 4.69) is 53.1 Å². The Hall–Kier alpha value is -3.16. The van der Waals surface area contributed by atoms with Gasteiger partial charge >= 0.3 is 0 Å². The smallest absolute Gasteiger partial charge is 0.235 e. The lowest BCUT2D eigenvalue weighted by molar-refractivity contribution is -0.121. The minimum Gasteiger partial charge on any atom is -0.337 e. The number of hydrogen-bond acceptors (Lipinski definition) is 3. The minimum absolute atomic E-state index is 0.0134. The molecule has 4 heteroatoms. The molecule has 0 aliphatic heterocycles. The number of nitrogens with one attached hydrogen (secondary N) is 2. The normalized spacial score (nSPS) is 14.2. The molecule has 0 aromatic heterocycles. The molecular weight excluding hydrogens is 358 g/mol. The summed E-state index contributed by atoms with van der Waals surface area (Å²) < 4.78 is 0. The first-order chi connectivity index (χ1) is 13.9. The summed E-state index contributed by atoms with van der Waals surface area (Å²) in [6, 6.07) is 26.7. The van der Waals surface area contributed by atoms with Gasteiger partial charge in [-0.05, 0) is 34.7 Å². The molecule has 3 aromatic carbocycles. The highest BCUT2D eigenvalue weighted by Gasteiger charge is 2.30. The first kappa shape index (κ1) is 20.6. The monoisotopic (exact) mass is 385 g/mol. The molecule has 4 nitrogen and oxygen atoms in total. The van der Waals surface area contributed by atoms with E-state index in [4.69, 9.17) is 0 Å². The van der Waals surface area contributed by atoms with Crippen molar-refractivity contribution in [2.75, 3.05) is 6.54 Å². The van der Waals surface area contributed by atoms with Gasteiger partial charge in [-0.25, -0.2) is 0 Å². The van der Waals surface area contributed by atoms with E-state index >= 15 is 0 Å². The zero-order valence-corrected chi connectivity index (χ0v) is 17.1. The van der Waals surface area contributed by atoms with Crippen LogP contribution in [0.4, 0.5) is 0 Å². The van der Waals surface area contributed by atoms with Crippen LogP contribution < -0.4 is 10.6 Å². The Morgan fingerprint density at radius 3 is 2.34 bits per heavy atom. The average molecular weight is 386 g/mol. The fourth-order valence-corrected chi connectivity index (χ4v) is 3.39. The standard InChI is InChI=1S/C25H27N3O/c1-18(2)25(3,17-26)28-23(29)16-27-24(20-11-5-4-6-12-20)22-15-9-13-19-10-7-8-14-21(19)22/h4-15,18,24,27H,16H2,1-3H3,(H,28,29). The van der Waals surface area contributed by atoms with E-state index in [1.54, 1.807) is 6.92 Å². The van der Waals surface area contributed by atoms with Gasteiger partial charge in [0.15, 0.2) is 0 Å². The topological polar surface area (TPSA) is 64.9 Å². The van der Waals surface area contributed by atoms with Crippen LogP contribution in [0, 0.1) is 17.2 Å². The van der Waals surface area contributed by atoms with Gasteiger partial charge < -0.3 is 5.32 Å². The summed E-state index contributed by atoms with van der Waals surface area (Å²) in [7, 11) is 0. The van der Waals surface area contributed by atoms with E-state index in [0.29, 0.717) is 0 Å². The molecule has 0 aliphatic carbocycles. The predicted molar refractivity (Wildman–Crippen MR) is 117 cm³/mol. The first-order valence-corrected chi connectivity index (χ1v) is 9.93. The van der Waals surface area contributed by atoms with Gasteiger partial charge in [-0.3, -0.25) is 10.1 Å². The highest BCUT2D eigenvalue weighted by atomic mass is 16.2. The Labute approximate surface area is 172 Å². The molecular formula is C25H27N3O. The van der Waals surface area contributed by atoms with Gasteiger partial charge in [0, 0.05) is 0 Å². The fourth-order valence-electron chi connectivity index (χ4n) is 3.39. The molecule has 2 atom stereocenters. The number of rotatable bonds is 7. The van der Waals surface area contributed by atoms with Crippen LogP contribution in [0.3, 0.4) is 0 Å². The highest BCUT2D eigenvalue weighted by Crippen LogP contribution is 2.29. The van der Waals surface area contributed by atoms with Gasteiger partial charge in [0.25, 0.3) is 0 Å². The van der Waals surface area contributed by atoms with Crippen molar-refractivity contribution >= 4 is 16.7 Å². The Balaban J connectivity index is 1.88. The molecule has 0 saturated heterocycles. The van der Waals surface area contributed by atoms with Crippen LogP contribution >= 0.6 is 0 Å². The van der Waals surface area contributed by atoms with Crippen LogP contribution in [0.2, 0.25) is 0 Å². The molecule has 2 N–H and O–H groups in total. The van der Waals surface area contributed by atoms with Gasteiger partial charge in [0.2, 0.25) is 5.91 Å². The zero-order valence-electron chi connectivity index (χ0n) is 17.1. The summed E-state index contributed by atoms with van der Waals surface area (Å²) in [5.74, 6) is -0.177. The lowest BCUT2D eigenvalue weighted by Gasteiger charge is -2.28. The maximum absolute atomic E-state index is 12.6. The van der Waals surface area contributed by atoms with Crippen LogP contribution in [0.25, 0.3) is 10.8 Å². The Morgan fingerprint density at radius 1 is 1.00 bits per heavy atom. The van der Waals surface area contributed by atoms with E-state index in [-0.39, 0.29) is 24.4 Å². The summed E-state index contributed by atoms with van der Waals surface area (Å²) in [5, 5.41) is 18.1. The first-order valence-electron chi connectivity index (χ1n) is 9.93. The Morgan fingerprint density at radius 2 is 1.66 bits per heavy atom. The summed E-state index contributed by atoms with van der Waals surface area (Å²) in [5.41, 5.74) is 1.32. The number of carbonyl (C=O) groups is 1. The molecule has 1 amide bonds. The molecule has 0 bridgehead atoms. The maximum Gasteiger partial charge on any atom is 0.235 e. The van der Waals surface area contributed by atoms with Crippen molar-refractivity contribution in [3.05, 3.63) is 83.9 Å². The van der Waals surface area contributed by atoms with E-state index < -0.39 is 5.54 Å². The van der Waals surface area contributed by atoms with Crippen molar-refractivity contribution < 1.29 is 4.79 Å². The van der Waals surface area contributed by atoms with Crippen molar-refractivity contribution in [1.82, 2.24) is 10.6 Å². The molecule has 0 saturated carbocycles. The Kier molecular flexibility index (Phi) is 6.31. The summed E-state index contributed by atoms with van der Waals surface area (Å²) in [6.45, 7) is 5.74. The molecule has 0 aliphatic rings. The van der Waals surface area contributed by atoms with Crippen molar-refractivity contribution in [3.8, 4) is 6.07 Å². The van der Waals surface area contributed by atoms with Crippen molar-refractivity contribution in [3.63, 3.8) is 0 Å². The third-order valence-electron chi connectivity index (χ3n) is 5.52. The number of carbonyl (C=O) groups excluding carboxylic acids is 1. The molecule has 2 unspecified atom stereocenters. The van der Waals surface area contributed by atoms with Gasteiger partial charge in [-0.2, -0.15) is 5.26 Å².